The highest BCUT2D eigenvalue weighted by molar-refractivity contribution is 14.0. The van der Waals surface area contributed by atoms with E-state index in [0.29, 0.717) is 30.6 Å². The van der Waals surface area contributed by atoms with E-state index in [0.717, 1.165) is 17.0 Å². The minimum Gasteiger partial charge on any atom is -0.497 e. The lowest BCUT2D eigenvalue weighted by atomic mass is 10.1. The first-order valence-corrected chi connectivity index (χ1v) is 9.29. The molecular weight excluding hydrogens is 485 g/mol. The van der Waals surface area contributed by atoms with E-state index in [1.165, 1.54) is 0 Å². The van der Waals surface area contributed by atoms with Gasteiger partial charge in [0.1, 0.15) is 5.75 Å². The number of nitrogens with one attached hydrogen (secondary N) is 2. The van der Waals surface area contributed by atoms with Gasteiger partial charge in [0.25, 0.3) is 0 Å². The average Bonchev–Trinajstić information content (AvgIpc) is 2.73. The molecule has 0 heterocycles. The third-order valence-corrected chi connectivity index (χ3v) is 3.99. The molecule has 0 saturated heterocycles. The third kappa shape index (κ3) is 7.62. The number of halogens is 1. The van der Waals surface area contributed by atoms with E-state index >= 15 is 0 Å². The van der Waals surface area contributed by atoms with E-state index in [1.54, 1.807) is 14.2 Å². The van der Waals surface area contributed by atoms with Crippen molar-refractivity contribution in [3.63, 3.8) is 0 Å². The summed E-state index contributed by atoms with van der Waals surface area (Å²) >= 11 is 0. The van der Waals surface area contributed by atoms with Gasteiger partial charge in [-0.15, -0.1) is 24.0 Å². The van der Waals surface area contributed by atoms with Gasteiger partial charge in [-0.3, -0.25) is 0 Å². The van der Waals surface area contributed by atoms with Gasteiger partial charge in [-0.1, -0.05) is 12.1 Å². The largest absolute Gasteiger partial charge is 0.497 e. The highest BCUT2D eigenvalue weighted by Crippen LogP contribution is 2.30. The number of methoxy groups -OCH3 is 2. The highest BCUT2D eigenvalue weighted by atomic mass is 127. The normalized spacial score (nSPS) is 11.8. The van der Waals surface area contributed by atoms with E-state index < -0.39 is 6.10 Å². The Bertz CT molecular complexity index is 769. The Balaban J connectivity index is 0.00000420. The topological polar surface area (TPSA) is 84.3 Å². The number of aliphatic hydroxyl groups is 1. The van der Waals surface area contributed by atoms with Crippen LogP contribution in [0.1, 0.15) is 25.5 Å². The SMILES string of the molecule is CCNC(=NCC(O)c1ccc(OC)cc1)Nc1ccc(OCC)c(OC)c1.I. The molecule has 160 valence electrons. The highest BCUT2D eigenvalue weighted by Gasteiger charge is 2.10. The average molecular weight is 515 g/mol. The first kappa shape index (κ1) is 24.8. The quantitative estimate of drug-likeness (QED) is 0.268. The number of aliphatic imine (C=N–C) groups is 1. The van der Waals surface area contributed by atoms with Crippen LogP contribution in [0.3, 0.4) is 0 Å². The lowest BCUT2D eigenvalue weighted by Crippen LogP contribution is -2.31. The van der Waals surface area contributed by atoms with Crippen LogP contribution in [0.15, 0.2) is 47.5 Å². The van der Waals surface area contributed by atoms with Crippen LogP contribution in [0, 0.1) is 0 Å². The molecule has 1 unspecified atom stereocenters. The first-order valence-electron chi connectivity index (χ1n) is 9.29. The third-order valence-electron chi connectivity index (χ3n) is 3.99. The zero-order chi connectivity index (χ0) is 20.4. The van der Waals surface area contributed by atoms with E-state index in [2.05, 4.69) is 15.6 Å². The molecule has 29 heavy (non-hydrogen) atoms. The molecule has 0 spiro atoms. The van der Waals surface area contributed by atoms with Crippen molar-refractivity contribution < 1.29 is 19.3 Å². The number of anilines is 1. The van der Waals surface area contributed by atoms with Crippen molar-refractivity contribution in [2.45, 2.75) is 20.0 Å². The van der Waals surface area contributed by atoms with Crippen LogP contribution in [0.2, 0.25) is 0 Å². The van der Waals surface area contributed by atoms with Crippen molar-refractivity contribution in [3.05, 3.63) is 48.0 Å². The standard InChI is InChI=1S/C21H29N3O4.HI/c1-5-22-21(23-14-18(25)15-7-10-17(26-3)11-8-15)24-16-9-12-19(28-6-2)20(13-16)27-4;/h7-13,18,25H,5-6,14H2,1-4H3,(H2,22,23,24);1H. The fraction of sp³-hybridized carbons (Fsp3) is 0.381. The summed E-state index contributed by atoms with van der Waals surface area (Å²) in [4.78, 5) is 4.48. The van der Waals surface area contributed by atoms with Crippen molar-refractivity contribution in [1.82, 2.24) is 5.32 Å². The van der Waals surface area contributed by atoms with Gasteiger partial charge in [0.05, 0.1) is 33.5 Å². The Morgan fingerprint density at radius 3 is 2.34 bits per heavy atom. The number of hydrogen-bond donors (Lipinski definition) is 3. The smallest absolute Gasteiger partial charge is 0.195 e. The van der Waals surface area contributed by atoms with Gasteiger partial charge in [0.15, 0.2) is 17.5 Å². The summed E-state index contributed by atoms with van der Waals surface area (Å²) in [6.07, 6.45) is -0.712. The molecule has 0 bridgehead atoms. The molecule has 0 fully saturated rings. The Morgan fingerprint density at radius 1 is 1.03 bits per heavy atom. The van der Waals surface area contributed by atoms with Crippen molar-refractivity contribution in [1.29, 1.82) is 0 Å². The van der Waals surface area contributed by atoms with Crippen LogP contribution in [0.5, 0.6) is 17.2 Å². The van der Waals surface area contributed by atoms with Crippen LogP contribution in [0.4, 0.5) is 5.69 Å². The number of aliphatic hydroxyl groups excluding tert-OH is 1. The van der Waals surface area contributed by atoms with Crippen molar-refractivity contribution in [3.8, 4) is 17.2 Å². The maximum Gasteiger partial charge on any atom is 0.195 e. The second kappa shape index (κ2) is 13.1. The molecule has 0 saturated carbocycles. The number of hydrogen-bond acceptors (Lipinski definition) is 5. The van der Waals surface area contributed by atoms with Crippen LogP contribution in [-0.4, -0.2) is 45.0 Å². The van der Waals surface area contributed by atoms with Gasteiger partial charge in [0.2, 0.25) is 0 Å². The van der Waals surface area contributed by atoms with Gasteiger partial charge in [-0.2, -0.15) is 0 Å². The van der Waals surface area contributed by atoms with Gasteiger partial charge in [-0.25, -0.2) is 4.99 Å². The fourth-order valence-corrected chi connectivity index (χ4v) is 2.57. The van der Waals surface area contributed by atoms with Gasteiger partial charge >= 0.3 is 0 Å². The lowest BCUT2D eigenvalue weighted by Gasteiger charge is -2.15. The van der Waals surface area contributed by atoms with E-state index in [1.807, 2.05) is 56.3 Å². The lowest BCUT2D eigenvalue weighted by molar-refractivity contribution is 0.187. The molecule has 0 aliphatic rings. The molecule has 0 aliphatic carbocycles. The summed E-state index contributed by atoms with van der Waals surface area (Å²) in [5, 5.41) is 16.8. The summed E-state index contributed by atoms with van der Waals surface area (Å²) in [6, 6.07) is 12.9. The van der Waals surface area contributed by atoms with E-state index in [-0.39, 0.29) is 30.5 Å². The Labute approximate surface area is 189 Å². The van der Waals surface area contributed by atoms with Crippen LogP contribution < -0.4 is 24.8 Å². The first-order chi connectivity index (χ1) is 13.6. The van der Waals surface area contributed by atoms with Crippen molar-refractivity contribution in [2.75, 3.05) is 39.2 Å². The molecule has 0 amide bonds. The molecule has 0 aliphatic heterocycles. The zero-order valence-electron chi connectivity index (χ0n) is 17.3. The van der Waals surface area contributed by atoms with Crippen LogP contribution in [-0.2, 0) is 0 Å². The summed E-state index contributed by atoms with van der Waals surface area (Å²) in [5.74, 6) is 2.65. The summed E-state index contributed by atoms with van der Waals surface area (Å²) in [6.45, 7) is 5.39. The zero-order valence-corrected chi connectivity index (χ0v) is 19.6. The number of ether oxygens (including phenoxy) is 3. The molecule has 8 heteroatoms. The summed E-state index contributed by atoms with van der Waals surface area (Å²) in [7, 11) is 3.21. The molecular formula is C21H30IN3O4. The van der Waals surface area contributed by atoms with E-state index in [9.17, 15) is 5.11 Å². The minimum absolute atomic E-state index is 0. The van der Waals surface area contributed by atoms with Crippen molar-refractivity contribution in [2.24, 2.45) is 4.99 Å². The monoisotopic (exact) mass is 515 g/mol. The summed E-state index contributed by atoms with van der Waals surface area (Å²) in [5.41, 5.74) is 1.59. The fourth-order valence-electron chi connectivity index (χ4n) is 2.57. The number of guanidine groups is 1. The molecule has 0 radical (unpaired) electrons. The van der Waals surface area contributed by atoms with E-state index in [4.69, 9.17) is 14.2 Å². The van der Waals surface area contributed by atoms with Crippen LogP contribution in [0.25, 0.3) is 0 Å². The minimum atomic E-state index is -0.712. The molecule has 7 nitrogen and oxygen atoms in total. The molecule has 2 aromatic rings. The number of benzene rings is 2. The Kier molecular flexibility index (Phi) is 11.2. The van der Waals surface area contributed by atoms with Crippen LogP contribution >= 0.6 is 24.0 Å². The maximum absolute atomic E-state index is 10.4. The molecule has 2 aromatic carbocycles. The second-order valence-electron chi connectivity index (χ2n) is 5.93. The Hall–Kier alpha value is -2.20. The Morgan fingerprint density at radius 2 is 1.76 bits per heavy atom. The number of rotatable bonds is 9. The number of nitrogens with zero attached hydrogens (tertiary/aromatic N) is 1. The molecule has 3 N–H and O–H groups in total. The van der Waals surface area contributed by atoms with Crippen molar-refractivity contribution >= 4 is 35.6 Å². The van der Waals surface area contributed by atoms with Gasteiger partial charge < -0.3 is 30.0 Å². The molecule has 1 atom stereocenters. The second-order valence-corrected chi connectivity index (χ2v) is 5.93. The molecule has 2 rings (SSSR count). The summed E-state index contributed by atoms with van der Waals surface area (Å²) < 4.78 is 16.1. The maximum atomic E-state index is 10.4. The predicted molar refractivity (Wildman–Crippen MR) is 127 cm³/mol. The van der Waals surface area contributed by atoms with Gasteiger partial charge in [0, 0.05) is 18.3 Å². The molecule has 0 aromatic heterocycles. The van der Waals surface area contributed by atoms with Gasteiger partial charge in [-0.05, 0) is 43.7 Å². The predicted octanol–water partition coefficient (Wildman–Crippen LogP) is 3.83.